The Morgan fingerprint density at radius 1 is 0.538 bits per heavy atom. The van der Waals surface area contributed by atoms with Gasteiger partial charge in [0.2, 0.25) is 0 Å². The van der Waals surface area contributed by atoms with Crippen LogP contribution in [0.1, 0.15) is 51.4 Å². The topological polar surface area (TPSA) is 0 Å². The molecular weight excluding hydrogens is 425 g/mol. The summed E-state index contributed by atoms with van der Waals surface area (Å²) in [6.07, 6.45) is 11.6. The minimum Gasteiger partial charge on any atom is -0.148 e. The molecule has 2 saturated heterocycles. The first kappa shape index (κ1) is 24.1. The molecule has 2 fully saturated rings. The molecule has 154 valence electrons. The van der Waals surface area contributed by atoms with Crippen molar-refractivity contribution >= 4 is 63.2 Å². The molecule has 0 unspecified atom stereocenters. The van der Waals surface area contributed by atoms with Gasteiger partial charge in [-0.25, -0.2) is 0 Å². The predicted molar refractivity (Wildman–Crippen MR) is 139 cm³/mol. The van der Waals surface area contributed by atoms with Crippen LogP contribution in [0.2, 0.25) is 39.3 Å². The van der Waals surface area contributed by atoms with Crippen molar-refractivity contribution in [3.05, 3.63) is 0 Å². The summed E-state index contributed by atoms with van der Waals surface area (Å²) in [5.41, 5.74) is 0. The molecular formula is C20H42S4Si2. The molecule has 0 aromatic heterocycles. The third-order valence-electron chi connectivity index (χ3n) is 5.97. The molecule has 0 nitrogen and oxygen atoms in total. The number of unbranched alkanes of at least 4 members (excludes halogenated alkanes) is 3. The Morgan fingerprint density at radius 2 is 0.846 bits per heavy atom. The van der Waals surface area contributed by atoms with Gasteiger partial charge in [-0.05, 0) is 48.7 Å². The Kier molecular flexibility index (Phi) is 9.49. The summed E-state index contributed by atoms with van der Waals surface area (Å²) in [4.78, 5) is 0. The van der Waals surface area contributed by atoms with Gasteiger partial charge in [0, 0.05) is 0 Å². The van der Waals surface area contributed by atoms with Gasteiger partial charge in [-0.2, -0.15) is 0 Å². The van der Waals surface area contributed by atoms with Crippen LogP contribution < -0.4 is 0 Å². The molecule has 2 aliphatic heterocycles. The fourth-order valence-corrected chi connectivity index (χ4v) is 19.8. The SMILES string of the molecule is C[Si](C)(C)C1(CCCCCCC2([Si](C)(C)C)SCCCS2)SCCCS1. The van der Waals surface area contributed by atoms with Crippen LogP contribution in [0, 0.1) is 0 Å². The van der Waals surface area contributed by atoms with Crippen LogP contribution >= 0.6 is 47.0 Å². The van der Waals surface area contributed by atoms with Gasteiger partial charge in [-0.1, -0.05) is 65.0 Å². The summed E-state index contributed by atoms with van der Waals surface area (Å²) in [6.45, 7) is 15.6. The first-order valence-corrected chi connectivity index (χ1v) is 21.6. The predicted octanol–water partition coefficient (Wildman–Crippen LogP) is 8.21. The molecule has 2 heterocycles. The van der Waals surface area contributed by atoms with E-state index in [1.807, 2.05) is 0 Å². The molecule has 0 atom stereocenters. The molecule has 0 bridgehead atoms. The summed E-state index contributed by atoms with van der Waals surface area (Å²) in [5.74, 6) is 5.63. The average Bonchev–Trinajstić information content (AvgIpc) is 2.58. The lowest BCUT2D eigenvalue weighted by Gasteiger charge is -2.46. The maximum Gasteiger partial charge on any atom is 0.0752 e. The van der Waals surface area contributed by atoms with E-state index >= 15 is 0 Å². The summed E-state index contributed by atoms with van der Waals surface area (Å²) in [7, 11) is -2.23. The molecule has 2 aliphatic rings. The Hall–Kier alpha value is 1.83. The molecule has 0 aromatic carbocycles. The summed E-state index contributed by atoms with van der Waals surface area (Å²) < 4.78 is 1.22. The third kappa shape index (κ3) is 6.17. The van der Waals surface area contributed by atoms with Gasteiger partial charge in [0.15, 0.2) is 0 Å². The maximum absolute atomic E-state index is 2.60. The summed E-state index contributed by atoms with van der Waals surface area (Å²) in [6, 6.07) is 0. The highest BCUT2D eigenvalue weighted by atomic mass is 32.2. The van der Waals surface area contributed by atoms with E-state index in [-0.39, 0.29) is 0 Å². The van der Waals surface area contributed by atoms with Crippen molar-refractivity contribution in [2.75, 3.05) is 23.0 Å². The van der Waals surface area contributed by atoms with Crippen molar-refractivity contribution in [2.45, 2.75) is 98.1 Å². The van der Waals surface area contributed by atoms with E-state index in [9.17, 15) is 0 Å². The highest BCUT2D eigenvalue weighted by Gasteiger charge is 2.46. The third-order valence-corrected chi connectivity index (χ3v) is 26.2. The quantitative estimate of drug-likeness (QED) is 0.248. The van der Waals surface area contributed by atoms with Gasteiger partial charge >= 0.3 is 0 Å². The zero-order valence-electron chi connectivity index (χ0n) is 18.1. The number of hydrogen-bond acceptors (Lipinski definition) is 4. The van der Waals surface area contributed by atoms with Crippen molar-refractivity contribution in [1.82, 2.24) is 0 Å². The first-order chi connectivity index (χ1) is 12.1. The van der Waals surface area contributed by atoms with Gasteiger partial charge in [0.05, 0.1) is 23.6 Å². The lowest BCUT2D eigenvalue weighted by Crippen LogP contribution is -2.48. The minimum absolute atomic E-state index is 0.611. The Morgan fingerprint density at radius 3 is 1.12 bits per heavy atom. The number of hydrogen-bond donors (Lipinski definition) is 0. The second kappa shape index (κ2) is 10.2. The second-order valence-corrected chi connectivity index (χ2v) is 28.3. The minimum atomic E-state index is -1.11. The molecule has 0 saturated carbocycles. The smallest absolute Gasteiger partial charge is 0.0752 e. The van der Waals surface area contributed by atoms with Crippen LogP contribution in [0.25, 0.3) is 0 Å². The first-order valence-electron chi connectivity index (χ1n) is 10.7. The van der Waals surface area contributed by atoms with E-state index in [1.54, 1.807) is 0 Å². The van der Waals surface area contributed by atoms with Crippen LogP contribution in [0.4, 0.5) is 0 Å². The average molecular weight is 467 g/mol. The lowest BCUT2D eigenvalue weighted by atomic mass is 10.1. The number of rotatable bonds is 9. The van der Waals surface area contributed by atoms with E-state index in [4.69, 9.17) is 0 Å². The summed E-state index contributed by atoms with van der Waals surface area (Å²) >= 11 is 9.32. The van der Waals surface area contributed by atoms with Crippen LogP contribution in [-0.2, 0) is 0 Å². The molecule has 0 aromatic rings. The van der Waals surface area contributed by atoms with Gasteiger partial charge in [-0.3, -0.25) is 0 Å². The van der Waals surface area contributed by atoms with Gasteiger partial charge in [0.1, 0.15) is 0 Å². The largest absolute Gasteiger partial charge is 0.148 e. The summed E-state index contributed by atoms with van der Waals surface area (Å²) in [5, 5.41) is 0. The highest BCUT2D eigenvalue weighted by molar-refractivity contribution is 8.21. The fourth-order valence-electron chi connectivity index (χ4n) is 4.12. The maximum atomic E-state index is 2.60. The molecule has 0 spiro atoms. The van der Waals surface area contributed by atoms with E-state index < -0.39 is 16.1 Å². The second-order valence-electron chi connectivity index (χ2n) is 10.0. The standard InChI is InChI=1S/C20H42S4Si2/c1-25(2,3)19(21-15-11-16-22-19)13-9-7-8-10-14-20(26(4,5)6)23-17-12-18-24-20/h7-18H2,1-6H3. The fraction of sp³-hybridized carbons (Fsp3) is 1.00. The normalized spacial score (nSPS) is 23.8. The van der Waals surface area contributed by atoms with Gasteiger partial charge in [-0.15, -0.1) is 47.0 Å². The van der Waals surface area contributed by atoms with Crippen molar-refractivity contribution in [3.8, 4) is 0 Å². The Balaban J connectivity index is 1.75. The molecule has 0 aliphatic carbocycles. The highest BCUT2D eigenvalue weighted by Crippen LogP contribution is 2.53. The van der Waals surface area contributed by atoms with Crippen LogP contribution in [0.3, 0.4) is 0 Å². The molecule has 26 heavy (non-hydrogen) atoms. The Labute approximate surface area is 183 Å². The zero-order chi connectivity index (χ0) is 19.3. The molecule has 0 radical (unpaired) electrons. The lowest BCUT2D eigenvalue weighted by molar-refractivity contribution is 0.600. The van der Waals surface area contributed by atoms with Crippen LogP contribution in [0.15, 0.2) is 0 Å². The van der Waals surface area contributed by atoms with Crippen molar-refractivity contribution in [1.29, 1.82) is 0 Å². The molecule has 6 heteroatoms. The molecule has 2 rings (SSSR count). The van der Waals surface area contributed by atoms with Crippen molar-refractivity contribution < 1.29 is 0 Å². The van der Waals surface area contributed by atoms with E-state index in [2.05, 4.69) is 86.3 Å². The van der Waals surface area contributed by atoms with Crippen LogP contribution in [0.5, 0.6) is 0 Å². The van der Waals surface area contributed by atoms with Gasteiger partial charge in [0.25, 0.3) is 0 Å². The van der Waals surface area contributed by atoms with Crippen molar-refractivity contribution in [2.24, 2.45) is 0 Å². The Bertz CT molecular complexity index is 377. The monoisotopic (exact) mass is 466 g/mol. The van der Waals surface area contributed by atoms with E-state index in [0.717, 1.165) is 0 Å². The van der Waals surface area contributed by atoms with Crippen LogP contribution in [-0.4, -0.2) is 46.6 Å². The van der Waals surface area contributed by atoms with Crippen molar-refractivity contribution in [3.63, 3.8) is 0 Å². The van der Waals surface area contributed by atoms with E-state index in [0.29, 0.717) is 7.40 Å². The molecule has 0 N–H and O–H groups in total. The number of thioether (sulfide) groups is 4. The molecule has 0 amide bonds. The van der Waals surface area contributed by atoms with E-state index in [1.165, 1.54) is 74.4 Å². The zero-order valence-corrected chi connectivity index (χ0v) is 23.4. The van der Waals surface area contributed by atoms with Gasteiger partial charge < -0.3 is 0 Å².